The molecule has 0 radical (unpaired) electrons. The third-order valence-corrected chi connectivity index (χ3v) is 4.71. The Balaban J connectivity index is 2.48. The maximum atomic E-state index is 12.1. The maximum absolute atomic E-state index is 12.1. The Labute approximate surface area is 150 Å². The predicted octanol–water partition coefficient (Wildman–Crippen LogP) is 3.25. The minimum atomic E-state index is -0.801. The molecule has 142 valence electrons. The highest BCUT2D eigenvalue weighted by atomic mass is 16.4. The van der Waals surface area contributed by atoms with E-state index in [-0.39, 0.29) is 30.5 Å². The molecular formula is C20H32O5. The summed E-state index contributed by atoms with van der Waals surface area (Å²) in [4.78, 5) is 22.5. The monoisotopic (exact) mass is 352 g/mol. The van der Waals surface area contributed by atoms with E-state index < -0.39 is 18.2 Å². The van der Waals surface area contributed by atoms with Crippen LogP contribution in [0.1, 0.15) is 64.7 Å². The van der Waals surface area contributed by atoms with Crippen LogP contribution in [0.15, 0.2) is 24.3 Å². The average molecular weight is 352 g/mol. The Bertz CT molecular complexity index is 469. The first-order chi connectivity index (χ1) is 12.0. The highest BCUT2D eigenvalue weighted by Crippen LogP contribution is 2.33. The Morgan fingerprint density at radius 1 is 1.28 bits per heavy atom. The van der Waals surface area contributed by atoms with Crippen molar-refractivity contribution in [3.63, 3.8) is 0 Å². The van der Waals surface area contributed by atoms with Gasteiger partial charge >= 0.3 is 5.97 Å². The largest absolute Gasteiger partial charge is 0.481 e. The first-order valence-electron chi connectivity index (χ1n) is 9.39. The van der Waals surface area contributed by atoms with Gasteiger partial charge in [0.25, 0.3) is 0 Å². The van der Waals surface area contributed by atoms with Crippen LogP contribution < -0.4 is 0 Å². The van der Waals surface area contributed by atoms with Crippen molar-refractivity contribution in [2.24, 2.45) is 11.8 Å². The molecule has 0 saturated heterocycles. The van der Waals surface area contributed by atoms with Crippen LogP contribution in [0.3, 0.4) is 0 Å². The van der Waals surface area contributed by atoms with Crippen molar-refractivity contribution in [2.45, 2.75) is 76.9 Å². The van der Waals surface area contributed by atoms with E-state index in [2.05, 4.69) is 6.92 Å². The van der Waals surface area contributed by atoms with Gasteiger partial charge in [0.2, 0.25) is 0 Å². The molecule has 3 N–H and O–H groups in total. The number of hydrogen-bond donors (Lipinski definition) is 3. The molecular weight excluding hydrogens is 320 g/mol. The standard InChI is InChI=1S/C20H32O5/c1-2-3-6-9-15(21)12-13-17-16(18(22)14-19(17)23)10-7-4-5-8-11-20(24)25/h4,7,12-13,15-17,19,21,23H,2-3,5-6,8-11,14H2,1H3,(H,24,25)/b7-4+,13-12?/t15-,16+,17+,19-/m0/s1. The van der Waals surface area contributed by atoms with Gasteiger partial charge in [0, 0.05) is 24.7 Å². The molecule has 25 heavy (non-hydrogen) atoms. The average Bonchev–Trinajstić information content (AvgIpc) is 2.82. The smallest absolute Gasteiger partial charge is 0.303 e. The molecule has 5 nitrogen and oxygen atoms in total. The zero-order chi connectivity index (χ0) is 18.7. The fourth-order valence-electron chi connectivity index (χ4n) is 3.22. The van der Waals surface area contributed by atoms with Crippen molar-refractivity contribution < 1.29 is 24.9 Å². The molecule has 0 heterocycles. The summed E-state index contributed by atoms with van der Waals surface area (Å²) < 4.78 is 0. The number of carboxylic acids is 1. The van der Waals surface area contributed by atoms with E-state index in [1.54, 1.807) is 12.2 Å². The van der Waals surface area contributed by atoms with Crippen LogP contribution in [0.2, 0.25) is 0 Å². The molecule has 0 bridgehead atoms. The quantitative estimate of drug-likeness (QED) is 0.370. The van der Waals surface area contributed by atoms with Crippen LogP contribution in [0, 0.1) is 11.8 Å². The second-order valence-electron chi connectivity index (χ2n) is 6.86. The van der Waals surface area contributed by atoms with Gasteiger partial charge in [0.1, 0.15) is 5.78 Å². The van der Waals surface area contributed by atoms with E-state index in [9.17, 15) is 19.8 Å². The summed E-state index contributed by atoms with van der Waals surface area (Å²) >= 11 is 0. The third-order valence-electron chi connectivity index (χ3n) is 4.71. The number of carbonyl (C=O) groups excluding carboxylic acids is 1. The number of ketones is 1. The Hall–Kier alpha value is -1.46. The van der Waals surface area contributed by atoms with Gasteiger partial charge in [-0.2, -0.15) is 0 Å². The second-order valence-corrected chi connectivity index (χ2v) is 6.86. The number of unbranched alkanes of at least 4 members (excludes halogenated alkanes) is 3. The van der Waals surface area contributed by atoms with Crippen molar-refractivity contribution in [1.29, 1.82) is 0 Å². The Kier molecular flexibility index (Phi) is 10.3. The number of allylic oxidation sites excluding steroid dienone is 2. The van der Waals surface area contributed by atoms with Crippen LogP contribution in [-0.4, -0.2) is 39.3 Å². The summed E-state index contributed by atoms with van der Waals surface area (Å²) in [6.45, 7) is 2.11. The number of hydrogen-bond acceptors (Lipinski definition) is 4. The minimum Gasteiger partial charge on any atom is -0.481 e. The predicted molar refractivity (Wildman–Crippen MR) is 97.1 cm³/mol. The molecule has 0 aromatic rings. The highest BCUT2D eigenvalue weighted by Gasteiger charge is 2.39. The summed E-state index contributed by atoms with van der Waals surface area (Å²) in [5.74, 6) is -1.26. The van der Waals surface area contributed by atoms with Gasteiger partial charge in [-0.15, -0.1) is 0 Å². The van der Waals surface area contributed by atoms with E-state index in [4.69, 9.17) is 5.11 Å². The molecule has 1 rings (SSSR count). The lowest BCUT2D eigenvalue weighted by Crippen LogP contribution is -2.18. The number of rotatable bonds is 12. The van der Waals surface area contributed by atoms with E-state index in [1.165, 1.54) is 0 Å². The van der Waals surface area contributed by atoms with Gasteiger partial charge in [0.05, 0.1) is 12.2 Å². The van der Waals surface area contributed by atoms with Crippen LogP contribution in [-0.2, 0) is 9.59 Å². The molecule has 0 unspecified atom stereocenters. The van der Waals surface area contributed by atoms with Gasteiger partial charge in [-0.25, -0.2) is 0 Å². The third kappa shape index (κ3) is 8.45. The molecule has 1 aliphatic carbocycles. The molecule has 5 heteroatoms. The summed E-state index contributed by atoms with van der Waals surface area (Å²) in [5.41, 5.74) is 0. The van der Waals surface area contributed by atoms with Crippen LogP contribution in [0.4, 0.5) is 0 Å². The minimum absolute atomic E-state index is 0.0535. The van der Waals surface area contributed by atoms with Crippen molar-refractivity contribution in [2.75, 3.05) is 0 Å². The van der Waals surface area contributed by atoms with E-state index in [1.807, 2.05) is 12.2 Å². The zero-order valence-electron chi connectivity index (χ0n) is 15.1. The lowest BCUT2D eigenvalue weighted by atomic mass is 9.90. The molecule has 0 spiro atoms. The van der Waals surface area contributed by atoms with Gasteiger partial charge in [-0.1, -0.05) is 50.5 Å². The van der Waals surface area contributed by atoms with Crippen molar-refractivity contribution in [1.82, 2.24) is 0 Å². The van der Waals surface area contributed by atoms with Crippen molar-refractivity contribution >= 4 is 11.8 Å². The second kappa shape index (κ2) is 12.0. The van der Waals surface area contributed by atoms with E-state index in [0.717, 1.165) is 19.3 Å². The molecule has 1 aliphatic rings. The van der Waals surface area contributed by atoms with Gasteiger partial charge in [-0.05, 0) is 25.7 Å². The molecule has 0 amide bonds. The SMILES string of the molecule is CCCCC[C@H](O)C=C[C@H]1[C@@H](O)CC(=O)[C@@H]1C/C=C/CCCC(=O)O. The first-order valence-corrected chi connectivity index (χ1v) is 9.39. The number of aliphatic hydroxyl groups is 2. The molecule has 1 fully saturated rings. The van der Waals surface area contributed by atoms with Crippen LogP contribution in [0.25, 0.3) is 0 Å². The first kappa shape index (κ1) is 21.6. The molecule has 0 aliphatic heterocycles. The van der Waals surface area contributed by atoms with Gasteiger partial charge in [-0.3, -0.25) is 9.59 Å². The van der Waals surface area contributed by atoms with Crippen molar-refractivity contribution in [3.8, 4) is 0 Å². The Morgan fingerprint density at radius 3 is 2.72 bits per heavy atom. The molecule has 1 saturated carbocycles. The van der Waals surface area contributed by atoms with Gasteiger partial charge in [0.15, 0.2) is 0 Å². The summed E-state index contributed by atoms with van der Waals surface area (Å²) in [6.07, 6.45) is 12.1. The summed E-state index contributed by atoms with van der Waals surface area (Å²) in [6, 6.07) is 0. The summed E-state index contributed by atoms with van der Waals surface area (Å²) in [7, 11) is 0. The number of aliphatic carboxylic acids is 1. The van der Waals surface area contributed by atoms with E-state index >= 15 is 0 Å². The van der Waals surface area contributed by atoms with Crippen molar-refractivity contribution in [3.05, 3.63) is 24.3 Å². The fraction of sp³-hybridized carbons (Fsp3) is 0.700. The number of aliphatic hydroxyl groups excluding tert-OH is 2. The molecule has 0 aromatic heterocycles. The maximum Gasteiger partial charge on any atom is 0.303 e. The Morgan fingerprint density at radius 2 is 2.04 bits per heavy atom. The fourth-order valence-corrected chi connectivity index (χ4v) is 3.22. The van der Waals surface area contributed by atoms with Crippen LogP contribution in [0.5, 0.6) is 0 Å². The normalized spacial score (nSPS) is 25.2. The zero-order valence-corrected chi connectivity index (χ0v) is 15.1. The molecule has 0 aromatic carbocycles. The van der Waals surface area contributed by atoms with Crippen LogP contribution >= 0.6 is 0 Å². The lowest BCUT2D eigenvalue weighted by molar-refractivity contribution is -0.137. The lowest BCUT2D eigenvalue weighted by Gasteiger charge is -2.16. The highest BCUT2D eigenvalue weighted by molar-refractivity contribution is 5.84. The number of carboxylic acid groups (broad SMARTS) is 1. The van der Waals surface area contributed by atoms with E-state index in [0.29, 0.717) is 25.7 Å². The van der Waals surface area contributed by atoms with Gasteiger partial charge < -0.3 is 15.3 Å². The number of Topliss-reactive ketones (excluding diaryl/α,β-unsaturated/α-hetero) is 1. The summed E-state index contributed by atoms with van der Waals surface area (Å²) in [5, 5.41) is 28.7. The number of carbonyl (C=O) groups is 2. The molecule has 4 atom stereocenters. The topological polar surface area (TPSA) is 94.8 Å².